The van der Waals surface area contributed by atoms with Gasteiger partial charge in [-0.1, -0.05) is 51.5 Å². The minimum atomic E-state index is -3.29. The van der Waals surface area contributed by atoms with Gasteiger partial charge in [-0.05, 0) is 30.9 Å². The molecule has 1 fully saturated rings. The molecule has 1 aliphatic carbocycles. The molecule has 1 N–H and O–H groups in total. The Labute approximate surface area is 183 Å². The van der Waals surface area contributed by atoms with Gasteiger partial charge in [-0.2, -0.15) is 4.98 Å². The number of aromatic nitrogens is 2. The molecule has 7 nitrogen and oxygen atoms in total. The van der Waals surface area contributed by atoms with Gasteiger partial charge in [0.2, 0.25) is 5.88 Å². The monoisotopic (exact) mass is 443 g/mol. The smallest absolute Gasteiger partial charge is 0.258 e. The lowest BCUT2D eigenvalue weighted by atomic mass is 9.79. The van der Waals surface area contributed by atoms with Crippen molar-refractivity contribution in [2.45, 2.75) is 51.5 Å². The lowest BCUT2D eigenvalue weighted by Crippen LogP contribution is -2.42. The molecule has 1 aromatic heterocycles. The van der Waals surface area contributed by atoms with Gasteiger partial charge in [-0.3, -0.25) is 4.79 Å². The maximum absolute atomic E-state index is 13.1. The number of rotatable bonds is 7. The number of para-hydroxylation sites is 1. The van der Waals surface area contributed by atoms with Crippen molar-refractivity contribution in [3.05, 3.63) is 59.4 Å². The summed E-state index contributed by atoms with van der Waals surface area (Å²) in [6.45, 7) is 5.95. The fourth-order valence-corrected chi connectivity index (χ4v) is 3.59. The van der Waals surface area contributed by atoms with Crippen LogP contribution in [0.3, 0.4) is 0 Å². The number of carbonyl (C=O) groups is 1. The molecule has 0 bridgehead atoms. The molecule has 8 heteroatoms. The Balaban J connectivity index is 1.91. The number of sulfone groups is 1. The van der Waals surface area contributed by atoms with Gasteiger partial charge in [0.25, 0.3) is 5.91 Å². The first-order valence-electron chi connectivity index (χ1n) is 10.3. The Morgan fingerprint density at radius 3 is 2.45 bits per heavy atom. The van der Waals surface area contributed by atoms with Crippen molar-refractivity contribution in [2.24, 2.45) is 5.92 Å². The predicted octanol–water partition coefficient (Wildman–Crippen LogP) is 4.02. The zero-order chi connectivity index (χ0) is 22.6. The number of ether oxygens (including phenoxy) is 1. The van der Waals surface area contributed by atoms with Crippen LogP contribution in [0.5, 0.6) is 11.6 Å². The number of carbonyl (C=O) groups excluding carboxylic acids is 1. The summed E-state index contributed by atoms with van der Waals surface area (Å²) in [6, 6.07) is 8.73. The molecule has 0 spiro atoms. The molecule has 0 saturated heterocycles. The summed E-state index contributed by atoms with van der Waals surface area (Å²) in [6.07, 6.45) is 7.10. The van der Waals surface area contributed by atoms with E-state index in [9.17, 15) is 13.2 Å². The van der Waals surface area contributed by atoms with E-state index in [1.165, 1.54) is 6.20 Å². The van der Waals surface area contributed by atoms with E-state index in [0.29, 0.717) is 11.6 Å². The number of nitrogens with one attached hydrogen (secondary N) is 1. The highest BCUT2D eigenvalue weighted by Gasteiger charge is 2.29. The van der Waals surface area contributed by atoms with Gasteiger partial charge < -0.3 is 10.1 Å². The molecule has 3 rings (SSSR count). The van der Waals surface area contributed by atoms with E-state index >= 15 is 0 Å². The minimum Gasteiger partial charge on any atom is -0.438 e. The number of amides is 1. The summed E-state index contributed by atoms with van der Waals surface area (Å²) in [4.78, 5) is 22.0. The van der Waals surface area contributed by atoms with Crippen molar-refractivity contribution in [3.8, 4) is 11.6 Å². The van der Waals surface area contributed by atoms with E-state index < -0.39 is 15.7 Å². The lowest BCUT2D eigenvalue weighted by Gasteiger charge is -2.32. The summed E-state index contributed by atoms with van der Waals surface area (Å²) >= 11 is 0. The summed E-state index contributed by atoms with van der Waals surface area (Å²) in [5.41, 5.74) is -0.120. The van der Waals surface area contributed by atoms with E-state index in [2.05, 4.69) is 15.3 Å². The maximum Gasteiger partial charge on any atom is 0.258 e. The molecular formula is C23H29N3O4S. The molecule has 31 heavy (non-hydrogen) atoms. The molecule has 1 amide bonds. The summed E-state index contributed by atoms with van der Waals surface area (Å²) in [5, 5.41) is 4.09. The quantitative estimate of drug-likeness (QED) is 0.694. The highest BCUT2D eigenvalue weighted by Crippen LogP contribution is 2.31. The van der Waals surface area contributed by atoms with Crippen LogP contribution in [0.15, 0.2) is 48.0 Å². The van der Waals surface area contributed by atoms with Gasteiger partial charge in [0.1, 0.15) is 17.1 Å². The van der Waals surface area contributed by atoms with Crippen LogP contribution in [0.2, 0.25) is 0 Å². The molecule has 1 aliphatic rings. The fraction of sp³-hybridized carbons (Fsp3) is 0.435. The van der Waals surface area contributed by atoms with E-state index in [0.717, 1.165) is 30.9 Å². The molecule has 0 unspecified atom stereocenters. The van der Waals surface area contributed by atoms with Gasteiger partial charge in [0.05, 0.1) is 6.04 Å². The average Bonchev–Trinajstić information content (AvgIpc) is 2.64. The maximum atomic E-state index is 13.1. The van der Waals surface area contributed by atoms with Gasteiger partial charge in [0.15, 0.2) is 9.84 Å². The highest BCUT2D eigenvalue weighted by molar-refractivity contribution is 7.93. The third-order valence-corrected chi connectivity index (χ3v) is 5.77. The van der Waals surface area contributed by atoms with E-state index in [-0.39, 0.29) is 28.8 Å². The fourth-order valence-electron chi connectivity index (χ4n) is 3.14. The van der Waals surface area contributed by atoms with Crippen LogP contribution >= 0.6 is 0 Å². The van der Waals surface area contributed by atoms with Crippen molar-refractivity contribution in [2.75, 3.05) is 6.26 Å². The van der Waals surface area contributed by atoms with Crippen LogP contribution in [-0.2, 0) is 15.3 Å². The average molecular weight is 444 g/mol. The summed E-state index contributed by atoms with van der Waals surface area (Å²) in [5.74, 6) is 1.09. The van der Waals surface area contributed by atoms with Gasteiger partial charge in [-0.15, -0.1) is 0 Å². The molecule has 0 aliphatic heterocycles. The van der Waals surface area contributed by atoms with Crippen molar-refractivity contribution < 1.29 is 17.9 Å². The SMILES string of the molecule is CC(C)(C)c1ncc(C(=O)N[C@H](/C=C/S(C)(=O)=O)C2CCC2)c(Oc2ccccc2)n1. The van der Waals surface area contributed by atoms with Gasteiger partial charge in [0, 0.05) is 23.3 Å². The molecule has 1 saturated carbocycles. The van der Waals surface area contributed by atoms with Crippen LogP contribution in [-0.4, -0.2) is 36.6 Å². The second-order valence-electron chi connectivity index (χ2n) is 8.93. The molecular weight excluding hydrogens is 414 g/mol. The number of hydrogen-bond donors (Lipinski definition) is 1. The van der Waals surface area contributed by atoms with Crippen LogP contribution in [0, 0.1) is 5.92 Å². The number of benzene rings is 1. The highest BCUT2D eigenvalue weighted by atomic mass is 32.2. The second kappa shape index (κ2) is 9.18. The normalized spacial score (nSPS) is 16.0. The third-order valence-electron chi connectivity index (χ3n) is 5.12. The lowest BCUT2D eigenvalue weighted by molar-refractivity contribution is 0.0915. The van der Waals surface area contributed by atoms with Crippen molar-refractivity contribution in [1.82, 2.24) is 15.3 Å². The van der Waals surface area contributed by atoms with Crippen LogP contribution in [0.1, 0.15) is 56.2 Å². The Morgan fingerprint density at radius 2 is 1.90 bits per heavy atom. The van der Waals surface area contributed by atoms with Gasteiger partial charge in [-0.25, -0.2) is 13.4 Å². The molecule has 1 aromatic carbocycles. The van der Waals surface area contributed by atoms with E-state index in [4.69, 9.17) is 4.74 Å². The summed E-state index contributed by atoms with van der Waals surface area (Å²) < 4.78 is 29.1. The van der Waals surface area contributed by atoms with Gasteiger partial charge >= 0.3 is 0 Å². The topological polar surface area (TPSA) is 98.2 Å². The standard InChI is InChI=1S/C23H29N3O4S/c1-23(2,3)22-24-15-18(21(26-22)30-17-11-6-5-7-12-17)20(27)25-19(16-9-8-10-16)13-14-31(4,28)29/h5-7,11-16,19H,8-10H2,1-4H3,(H,25,27)/b14-13+/t19-/m1/s1. The predicted molar refractivity (Wildman–Crippen MR) is 120 cm³/mol. The molecule has 2 aromatic rings. The molecule has 0 radical (unpaired) electrons. The zero-order valence-electron chi connectivity index (χ0n) is 18.3. The summed E-state index contributed by atoms with van der Waals surface area (Å²) in [7, 11) is -3.29. The third kappa shape index (κ3) is 6.37. The van der Waals surface area contributed by atoms with E-state index in [1.807, 2.05) is 39.0 Å². The number of hydrogen-bond acceptors (Lipinski definition) is 6. The largest absolute Gasteiger partial charge is 0.438 e. The van der Waals surface area contributed by atoms with Crippen LogP contribution < -0.4 is 10.1 Å². The first-order valence-corrected chi connectivity index (χ1v) is 12.3. The van der Waals surface area contributed by atoms with E-state index in [1.54, 1.807) is 18.2 Å². The Bertz CT molecular complexity index is 1060. The Kier molecular flexibility index (Phi) is 6.79. The Morgan fingerprint density at radius 1 is 1.23 bits per heavy atom. The van der Waals surface area contributed by atoms with Crippen molar-refractivity contribution in [3.63, 3.8) is 0 Å². The molecule has 1 heterocycles. The Hall–Kier alpha value is -2.74. The second-order valence-corrected chi connectivity index (χ2v) is 10.9. The first-order chi connectivity index (χ1) is 14.5. The number of nitrogens with zero attached hydrogens (tertiary/aromatic N) is 2. The van der Waals surface area contributed by atoms with Crippen molar-refractivity contribution in [1.29, 1.82) is 0 Å². The zero-order valence-corrected chi connectivity index (χ0v) is 19.1. The van der Waals surface area contributed by atoms with Crippen LogP contribution in [0.4, 0.5) is 0 Å². The van der Waals surface area contributed by atoms with Crippen molar-refractivity contribution >= 4 is 15.7 Å². The van der Waals surface area contributed by atoms with Crippen LogP contribution in [0.25, 0.3) is 0 Å². The molecule has 1 atom stereocenters. The molecule has 166 valence electrons. The minimum absolute atomic E-state index is 0.170. The first kappa shape index (κ1) is 22.9.